The molecule has 0 spiro atoms. The van der Waals surface area contributed by atoms with Crippen LogP contribution in [0.4, 0.5) is 0 Å². The summed E-state index contributed by atoms with van der Waals surface area (Å²) in [5, 5.41) is 6.98. The van der Waals surface area contributed by atoms with Gasteiger partial charge < -0.3 is 10.1 Å². The lowest BCUT2D eigenvalue weighted by atomic mass is 10.2. The van der Waals surface area contributed by atoms with Gasteiger partial charge in [-0.25, -0.2) is 0 Å². The zero-order chi connectivity index (χ0) is 14.0. The first-order valence-corrected chi connectivity index (χ1v) is 7.54. The molecule has 4 nitrogen and oxygen atoms in total. The molecule has 1 aromatic heterocycles. The minimum atomic E-state index is 0.0864. The summed E-state index contributed by atoms with van der Waals surface area (Å²) in [6.07, 6.45) is 9.51. The van der Waals surface area contributed by atoms with E-state index in [0.29, 0.717) is 6.61 Å². The van der Waals surface area contributed by atoms with E-state index in [4.69, 9.17) is 4.74 Å². The number of nitrogens with zero attached hydrogens (tertiary/aromatic N) is 1. The van der Waals surface area contributed by atoms with E-state index in [-0.39, 0.29) is 12.3 Å². The monoisotopic (exact) mass is 275 g/mol. The van der Waals surface area contributed by atoms with Gasteiger partial charge in [0, 0.05) is 12.7 Å². The highest BCUT2D eigenvalue weighted by Crippen LogP contribution is 2.13. The minimum absolute atomic E-state index is 0.0864. The maximum absolute atomic E-state index is 5.90. The van der Waals surface area contributed by atoms with Crippen LogP contribution in [0.5, 0.6) is 0 Å². The summed E-state index contributed by atoms with van der Waals surface area (Å²) < 4.78 is 5.90. The van der Waals surface area contributed by atoms with Crippen LogP contribution in [0, 0.1) is 0 Å². The molecule has 4 heteroatoms. The van der Waals surface area contributed by atoms with E-state index in [1.807, 2.05) is 18.3 Å². The third-order valence-corrected chi connectivity index (χ3v) is 3.38. The minimum Gasteiger partial charge on any atom is -0.359 e. The molecule has 2 atom stereocenters. The molecule has 0 bridgehead atoms. The van der Waals surface area contributed by atoms with Crippen molar-refractivity contribution in [3.8, 4) is 0 Å². The number of nitrogens with one attached hydrogen (secondary N) is 2. The second-order valence-electron chi connectivity index (χ2n) is 5.05. The number of allylic oxidation sites excluding steroid dienone is 1. The van der Waals surface area contributed by atoms with Crippen molar-refractivity contribution in [2.75, 3.05) is 19.7 Å². The topological polar surface area (TPSA) is 46.2 Å². The molecule has 0 aliphatic carbocycles. The average Bonchev–Trinajstić information content (AvgIpc) is 2.74. The molecule has 1 aliphatic heterocycles. The van der Waals surface area contributed by atoms with Crippen LogP contribution in [0.1, 0.15) is 37.9 Å². The largest absolute Gasteiger partial charge is 0.359 e. The van der Waals surface area contributed by atoms with Crippen molar-refractivity contribution in [3.05, 3.63) is 42.2 Å². The van der Waals surface area contributed by atoms with Crippen molar-refractivity contribution >= 4 is 0 Å². The number of hydrogen-bond acceptors (Lipinski definition) is 4. The van der Waals surface area contributed by atoms with Crippen molar-refractivity contribution in [1.29, 1.82) is 0 Å². The molecule has 1 saturated heterocycles. The molecule has 2 unspecified atom stereocenters. The number of aromatic nitrogens is 1. The number of pyridine rings is 1. The Bertz CT molecular complexity index is 394. The summed E-state index contributed by atoms with van der Waals surface area (Å²) >= 11 is 0. The zero-order valence-electron chi connectivity index (χ0n) is 12.2. The Morgan fingerprint density at radius 3 is 3.15 bits per heavy atom. The van der Waals surface area contributed by atoms with Crippen LogP contribution in [-0.2, 0) is 4.74 Å². The smallest absolute Gasteiger partial charge is 0.110 e. The molecule has 1 aliphatic rings. The van der Waals surface area contributed by atoms with Crippen LogP contribution in [0.15, 0.2) is 36.5 Å². The molecule has 2 heterocycles. The van der Waals surface area contributed by atoms with E-state index in [9.17, 15) is 0 Å². The number of rotatable bonds is 6. The lowest BCUT2D eigenvalue weighted by Crippen LogP contribution is -2.36. The highest BCUT2D eigenvalue weighted by molar-refractivity contribution is 5.09. The van der Waals surface area contributed by atoms with Crippen molar-refractivity contribution in [3.63, 3.8) is 0 Å². The van der Waals surface area contributed by atoms with Gasteiger partial charge in [-0.3, -0.25) is 10.3 Å². The zero-order valence-corrected chi connectivity index (χ0v) is 12.2. The maximum Gasteiger partial charge on any atom is 0.110 e. The quantitative estimate of drug-likeness (QED) is 0.783. The fraction of sp³-hybridized carbons (Fsp3) is 0.562. The van der Waals surface area contributed by atoms with Gasteiger partial charge in [-0.05, 0) is 31.5 Å². The SMILES string of the molecule is CCC/C=C/COC1CCNCC(c2ccccn2)N1. The van der Waals surface area contributed by atoms with Crippen LogP contribution >= 0.6 is 0 Å². The number of ether oxygens (including phenoxy) is 1. The van der Waals surface area contributed by atoms with Gasteiger partial charge in [0.25, 0.3) is 0 Å². The molecule has 1 aromatic rings. The lowest BCUT2D eigenvalue weighted by Gasteiger charge is -2.21. The third-order valence-electron chi connectivity index (χ3n) is 3.38. The van der Waals surface area contributed by atoms with E-state index >= 15 is 0 Å². The average molecular weight is 275 g/mol. The third kappa shape index (κ3) is 5.04. The van der Waals surface area contributed by atoms with Gasteiger partial charge in [-0.2, -0.15) is 0 Å². The molecule has 0 saturated carbocycles. The van der Waals surface area contributed by atoms with Gasteiger partial charge in [-0.1, -0.05) is 31.6 Å². The van der Waals surface area contributed by atoms with Crippen LogP contribution in [0.3, 0.4) is 0 Å². The Hall–Kier alpha value is -1.23. The number of hydrogen-bond donors (Lipinski definition) is 2. The van der Waals surface area contributed by atoms with Crippen LogP contribution < -0.4 is 10.6 Å². The predicted octanol–water partition coefficient (Wildman–Crippen LogP) is 2.40. The first-order chi connectivity index (χ1) is 9.90. The normalized spacial score (nSPS) is 23.9. The van der Waals surface area contributed by atoms with Crippen molar-refractivity contribution in [2.24, 2.45) is 0 Å². The Balaban J connectivity index is 1.84. The molecule has 2 N–H and O–H groups in total. The molecule has 0 amide bonds. The Morgan fingerprint density at radius 1 is 1.40 bits per heavy atom. The molecular weight excluding hydrogens is 250 g/mol. The summed E-state index contributed by atoms with van der Waals surface area (Å²) in [4.78, 5) is 4.43. The Labute approximate surface area is 121 Å². The first-order valence-electron chi connectivity index (χ1n) is 7.54. The maximum atomic E-state index is 5.90. The van der Waals surface area contributed by atoms with Crippen LogP contribution in [0.25, 0.3) is 0 Å². The highest BCUT2D eigenvalue weighted by atomic mass is 16.5. The molecule has 0 radical (unpaired) electrons. The van der Waals surface area contributed by atoms with Crippen molar-refractivity contribution < 1.29 is 4.74 Å². The summed E-state index contributed by atoms with van der Waals surface area (Å²) in [6.45, 7) is 4.72. The summed E-state index contributed by atoms with van der Waals surface area (Å²) in [7, 11) is 0. The van der Waals surface area contributed by atoms with Gasteiger partial charge in [0.05, 0.1) is 18.3 Å². The second-order valence-corrected chi connectivity index (χ2v) is 5.05. The fourth-order valence-electron chi connectivity index (χ4n) is 2.27. The van der Waals surface area contributed by atoms with Crippen molar-refractivity contribution in [2.45, 2.75) is 38.5 Å². The van der Waals surface area contributed by atoms with E-state index < -0.39 is 0 Å². The fourth-order valence-corrected chi connectivity index (χ4v) is 2.27. The van der Waals surface area contributed by atoms with Crippen LogP contribution in [0.2, 0.25) is 0 Å². The molecule has 20 heavy (non-hydrogen) atoms. The van der Waals surface area contributed by atoms with Crippen LogP contribution in [-0.4, -0.2) is 30.9 Å². The Kier molecular flexibility index (Phi) is 6.71. The first kappa shape index (κ1) is 15.2. The summed E-state index contributed by atoms with van der Waals surface area (Å²) in [5.41, 5.74) is 1.07. The predicted molar refractivity (Wildman–Crippen MR) is 81.4 cm³/mol. The van der Waals surface area contributed by atoms with Gasteiger partial charge >= 0.3 is 0 Å². The van der Waals surface area contributed by atoms with E-state index in [1.54, 1.807) is 0 Å². The van der Waals surface area contributed by atoms with E-state index in [2.05, 4.69) is 40.8 Å². The Morgan fingerprint density at radius 2 is 2.35 bits per heavy atom. The van der Waals surface area contributed by atoms with E-state index in [0.717, 1.165) is 31.6 Å². The van der Waals surface area contributed by atoms with Crippen molar-refractivity contribution in [1.82, 2.24) is 15.6 Å². The molecule has 0 aromatic carbocycles. The molecule has 2 rings (SSSR count). The van der Waals surface area contributed by atoms with Gasteiger partial charge in [0.2, 0.25) is 0 Å². The van der Waals surface area contributed by atoms with Gasteiger partial charge in [0.1, 0.15) is 6.23 Å². The molecule has 1 fully saturated rings. The summed E-state index contributed by atoms with van der Waals surface area (Å²) in [6, 6.07) is 6.24. The lowest BCUT2D eigenvalue weighted by molar-refractivity contribution is 0.0397. The number of unbranched alkanes of at least 4 members (excludes halogenated alkanes) is 1. The second kappa shape index (κ2) is 8.84. The standard InChI is InChI=1S/C16H25N3O/c1-2-3-4-7-12-20-16-9-11-17-13-15(19-16)14-8-5-6-10-18-14/h4-8,10,15-17,19H,2-3,9,11-13H2,1H3/b7-4+. The highest BCUT2D eigenvalue weighted by Gasteiger charge is 2.20. The summed E-state index contributed by atoms with van der Waals surface area (Å²) in [5.74, 6) is 0. The molecular formula is C16H25N3O. The van der Waals surface area contributed by atoms with E-state index in [1.165, 1.54) is 6.42 Å². The van der Waals surface area contributed by atoms with Gasteiger partial charge in [-0.15, -0.1) is 0 Å². The van der Waals surface area contributed by atoms with Gasteiger partial charge in [0.15, 0.2) is 0 Å². The molecule has 110 valence electrons.